The summed E-state index contributed by atoms with van der Waals surface area (Å²) in [4.78, 5) is 37.1. The third kappa shape index (κ3) is 5.50. The normalized spacial score (nSPS) is 20.0. The molecule has 3 N–H and O–H groups in total. The first-order chi connectivity index (χ1) is 16.9. The van der Waals surface area contributed by atoms with Crippen LogP contribution in [0.5, 0.6) is 0 Å². The van der Waals surface area contributed by atoms with Crippen LogP contribution in [0.15, 0.2) is 48.5 Å². The fraction of sp³-hybridized carbons (Fsp3) is 0.464. The molecule has 7 nitrogen and oxygen atoms in total. The number of carboxylic acid groups (broad SMARTS) is 1. The molecule has 186 valence electrons. The highest BCUT2D eigenvalue weighted by Gasteiger charge is 2.33. The first kappa shape index (κ1) is 24.8. The predicted octanol–water partition coefficient (Wildman–Crippen LogP) is 4.56. The van der Waals surface area contributed by atoms with Gasteiger partial charge in [-0.2, -0.15) is 0 Å². The van der Waals surface area contributed by atoms with E-state index >= 15 is 0 Å². The summed E-state index contributed by atoms with van der Waals surface area (Å²) in [7, 11) is 0. The number of ether oxygens (including phenoxy) is 1. The minimum atomic E-state index is -0.805. The Bertz CT molecular complexity index is 1040. The van der Waals surface area contributed by atoms with Gasteiger partial charge in [0.05, 0.1) is 5.92 Å². The van der Waals surface area contributed by atoms with Gasteiger partial charge in [0.15, 0.2) is 0 Å². The van der Waals surface area contributed by atoms with E-state index in [1.165, 1.54) is 0 Å². The highest BCUT2D eigenvalue weighted by atomic mass is 16.5. The van der Waals surface area contributed by atoms with Crippen molar-refractivity contribution in [2.24, 2.45) is 17.8 Å². The molecule has 1 fully saturated rings. The number of hydrogen-bond acceptors (Lipinski definition) is 4. The molecule has 1 unspecified atom stereocenters. The second kappa shape index (κ2) is 10.9. The van der Waals surface area contributed by atoms with Gasteiger partial charge in [0.1, 0.15) is 12.6 Å². The summed E-state index contributed by atoms with van der Waals surface area (Å²) in [6.07, 6.45) is 2.65. The smallest absolute Gasteiger partial charge is 0.407 e. The van der Waals surface area contributed by atoms with E-state index in [0.717, 1.165) is 41.5 Å². The number of alkyl carbamates (subject to hydrolysis) is 1. The number of hydrogen-bond donors (Lipinski definition) is 3. The number of carbonyl (C=O) groups is 3. The Morgan fingerprint density at radius 1 is 0.971 bits per heavy atom. The monoisotopic (exact) mass is 478 g/mol. The predicted molar refractivity (Wildman–Crippen MR) is 133 cm³/mol. The van der Waals surface area contributed by atoms with Gasteiger partial charge in [0.25, 0.3) is 0 Å². The minimum absolute atomic E-state index is 0.0567. The summed E-state index contributed by atoms with van der Waals surface area (Å²) < 4.78 is 5.61. The van der Waals surface area contributed by atoms with Crippen LogP contribution in [0.1, 0.15) is 56.6 Å². The molecule has 2 aromatic carbocycles. The summed E-state index contributed by atoms with van der Waals surface area (Å²) in [6.45, 7) is 4.18. The molecule has 2 aliphatic carbocycles. The fourth-order valence-corrected chi connectivity index (χ4v) is 5.42. The number of amides is 2. The molecule has 0 spiro atoms. The molecular weight excluding hydrogens is 444 g/mol. The number of aliphatic carboxylic acids is 1. The van der Waals surface area contributed by atoms with Crippen molar-refractivity contribution in [3.8, 4) is 11.1 Å². The van der Waals surface area contributed by atoms with Crippen molar-refractivity contribution in [1.29, 1.82) is 0 Å². The molecule has 2 amide bonds. The molecule has 2 aromatic rings. The van der Waals surface area contributed by atoms with Crippen LogP contribution in [-0.4, -0.2) is 42.3 Å². The van der Waals surface area contributed by atoms with Gasteiger partial charge in [0.2, 0.25) is 5.91 Å². The maximum Gasteiger partial charge on any atom is 0.407 e. The number of carbonyl (C=O) groups excluding carboxylic acids is 2. The lowest BCUT2D eigenvalue weighted by Crippen LogP contribution is -2.51. The van der Waals surface area contributed by atoms with E-state index in [4.69, 9.17) is 4.74 Å². The molecule has 0 bridgehead atoms. The molecule has 35 heavy (non-hydrogen) atoms. The number of carboxylic acids is 1. The average Bonchev–Trinajstić information content (AvgIpc) is 3.18. The van der Waals surface area contributed by atoms with Gasteiger partial charge in [0, 0.05) is 12.5 Å². The Kier molecular flexibility index (Phi) is 7.73. The summed E-state index contributed by atoms with van der Waals surface area (Å²) in [6, 6.07) is 15.5. The van der Waals surface area contributed by atoms with Crippen LogP contribution in [0.2, 0.25) is 0 Å². The molecule has 0 heterocycles. The van der Waals surface area contributed by atoms with Crippen molar-refractivity contribution in [1.82, 2.24) is 10.6 Å². The zero-order chi connectivity index (χ0) is 24.9. The topological polar surface area (TPSA) is 105 Å². The molecular formula is C28H34N2O5. The van der Waals surface area contributed by atoms with Crippen molar-refractivity contribution in [3.63, 3.8) is 0 Å². The SMILES string of the molecule is CC(C)C(NC(=O)OCC1c2ccccc2-c2ccccc21)C(=O)NC[C@@H]1CCCC[C@@H]1C(=O)O. The maximum absolute atomic E-state index is 12.9. The minimum Gasteiger partial charge on any atom is -0.481 e. The first-order valence-corrected chi connectivity index (χ1v) is 12.5. The van der Waals surface area contributed by atoms with Crippen molar-refractivity contribution in [2.75, 3.05) is 13.2 Å². The summed E-state index contributed by atoms with van der Waals surface area (Å²) in [5, 5.41) is 15.1. The van der Waals surface area contributed by atoms with Gasteiger partial charge in [-0.3, -0.25) is 9.59 Å². The Morgan fingerprint density at radius 2 is 1.57 bits per heavy atom. The van der Waals surface area contributed by atoms with Crippen LogP contribution in [-0.2, 0) is 14.3 Å². The number of benzene rings is 2. The van der Waals surface area contributed by atoms with Crippen LogP contribution in [0.3, 0.4) is 0 Å². The van der Waals surface area contributed by atoms with E-state index in [1.54, 1.807) is 0 Å². The van der Waals surface area contributed by atoms with Crippen LogP contribution >= 0.6 is 0 Å². The Morgan fingerprint density at radius 3 is 2.17 bits per heavy atom. The summed E-state index contributed by atoms with van der Waals surface area (Å²) >= 11 is 0. The quantitative estimate of drug-likeness (QED) is 0.516. The molecule has 7 heteroatoms. The highest BCUT2D eigenvalue weighted by Crippen LogP contribution is 2.44. The molecule has 3 atom stereocenters. The Balaban J connectivity index is 1.35. The van der Waals surface area contributed by atoms with Gasteiger partial charge < -0.3 is 20.5 Å². The third-order valence-electron chi connectivity index (χ3n) is 7.33. The fourth-order valence-electron chi connectivity index (χ4n) is 5.42. The number of fused-ring (bicyclic) bond motifs is 3. The van der Waals surface area contributed by atoms with Crippen molar-refractivity contribution < 1.29 is 24.2 Å². The summed E-state index contributed by atoms with van der Waals surface area (Å²) in [5.41, 5.74) is 4.55. The largest absolute Gasteiger partial charge is 0.481 e. The number of rotatable bonds is 8. The zero-order valence-electron chi connectivity index (χ0n) is 20.3. The highest BCUT2D eigenvalue weighted by molar-refractivity contribution is 5.86. The van der Waals surface area contributed by atoms with E-state index in [0.29, 0.717) is 13.0 Å². The van der Waals surface area contributed by atoms with Gasteiger partial charge in [-0.15, -0.1) is 0 Å². The van der Waals surface area contributed by atoms with Gasteiger partial charge in [-0.1, -0.05) is 75.2 Å². The molecule has 4 rings (SSSR count). The maximum atomic E-state index is 12.9. The number of nitrogens with one attached hydrogen (secondary N) is 2. The Hall–Kier alpha value is -3.35. The van der Waals surface area contributed by atoms with Crippen molar-refractivity contribution in [3.05, 3.63) is 59.7 Å². The standard InChI is InChI=1S/C28H34N2O5/c1-17(2)25(26(31)29-15-18-9-3-4-10-19(18)27(32)33)30-28(34)35-16-24-22-13-7-5-11-20(22)21-12-6-8-14-23(21)24/h5-8,11-14,17-19,24-25H,3-4,9-10,15-16H2,1-2H3,(H,29,31)(H,30,34)(H,32,33)/t18-,19-,25?/m0/s1. The van der Waals surface area contributed by atoms with Crippen molar-refractivity contribution >= 4 is 18.0 Å². The lowest BCUT2D eigenvalue weighted by molar-refractivity contribution is -0.145. The first-order valence-electron chi connectivity index (χ1n) is 12.5. The molecule has 0 aromatic heterocycles. The lowest BCUT2D eigenvalue weighted by atomic mass is 9.79. The van der Waals surface area contributed by atoms with E-state index in [9.17, 15) is 19.5 Å². The van der Waals surface area contributed by atoms with E-state index in [2.05, 4.69) is 34.9 Å². The van der Waals surface area contributed by atoms with E-state index in [-0.39, 0.29) is 30.3 Å². The van der Waals surface area contributed by atoms with E-state index in [1.807, 2.05) is 38.1 Å². The molecule has 2 aliphatic rings. The van der Waals surface area contributed by atoms with E-state index < -0.39 is 24.0 Å². The van der Waals surface area contributed by atoms with Gasteiger partial charge in [-0.25, -0.2) is 4.79 Å². The Labute approximate surface area is 206 Å². The molecule has 0 aliphatic heterocycles. The second-order valence-electron chi connectivity index (χ2n) is 9.93. The van der Waals surface area contributed by atoms with Crippen LogP contribution < -0.4 is 10.6 Å². The van der Waals surface area contributed by atoms with Crippen LogP contribution in [0, 0.1) is 17.8 Å². The summed E-state index contributed by atoms with van der Waals surface area (Å²) in [5.74, 6) is -1.86. The average molecular weight is 479 g/mol. The molecule has 0 saturated heterocycles. The van der Waals surface area contributed by atoms with Crippen LogP contribution in [0.25, 0.3) is 11.1 Å². The van der Waals surface area contributed by atoms with Gasteiger partial charge >= 0.3 is 12.1 Å². The third-order valence-corrected chi connectivity index (χ3v) is 7.33. The molecule has 1 saturated carbocycles. The van der Waals surface area contributed by atoms with Crippen molar-refractivity contribution in [2.45, 2.75) is 51.5 Å². The lowest BCUT2D eigenvalue weighted by Gasteiger charge is -2.29. The van der Waals surface area contributed by atoms with Crippen LogP contribution in [0.4, 0.5) is 4.79 Å². The zero-order valence-corrected chi connectivity index (χ0v) is 20.3. The van der Waals surface area contributed by atoms with Gasteiger partial charge in [-0.05, 0) is 46.9 Å². The molecule has 0 radical (unpaired) electrons. The second-order valence-corrected chi connectivity index (χ2v) is 9.93.